The number of nitrogens with zero attached hydrogens (tertiary/aromatic N) is 2. The standard InChI is InChI=1S/C13H12N2O3/c1-2-8-14-11(16)12(17)15(13(14)18)9-10-6-4-3-5-7-10/h2-7H,1,8-9H2. The number of rotatable bonds is 4. The van der Waals surface area contributed by atoms with Gasteiger partial charge >= 0.3 is 17.8 Å². The van der Waals surface area contributed by atoms with Crippen molar-refractivity contribution in [1.29, 1.82) is 0 Å². The van der Waals surface area contributed by atoms with Crippen LogP contribution in [-0.2, 0) is 16.1 Å². The van der Waals surface area contributed by atoms with Gasteiger partial charge in [-0.05, 0) is 5.56 Å². The van der Waals surface area contributed by atoms with Crippen molar-refractivity contribution in [1.82, 2.24) is 9.80 Å². The van der Waals surface area contributed by atoms with Crippen LogP contribution in [0.25, 0.3) is 0 Å². The fourth-order valence-corrected chi connectivity index (χ4v) is 1.75. The second-order valence-corrected chi connectivity index (χ2v) is 3.86. The van der Waals surface area contributed by atoms with Gasteiger partial charge in [0.2, 0.25) is 0 Å². The normalized spacial score (nSPS) is 15.4. The van der Waals surface area contributed by atoms with Crippen molar-refractivity contribution in [3.63, 3.8) is 0 Å². The van der Waals surface area contributed by atoms with Crippen LogP contribution in [0.1, 0.15) is 5.56 Å². The highest BCUT2D eigenvalue weighted by Gasteiger charge is 2.43. The molecule has 1 aliphatic heterocycles. The van der Waals surface area contributed by atoms with E-state index in [2.05, 4.69) is 6.58 Å². The second-order valence-electron chi connectivity index (χ2n) is 3.86. The molecule has 5 heteroatoms. The van der Waals surface area contributed by atoms with Gasteiger partial charge in [0.1, 0.15) is 0 Å². The summed E-state index contributed by atoms with van der Waals surface area (Å²) in [4.78, 5) is 37.0. The smallest absolute Gasteiger partial charge is 0.263 e. The monoisotopic (exact) mass is 244 g/mol. The molecule has 1 heterocycles. The van der Waals surface area contributed by atoms with E-state index in [9.17, 15) is 14.4 Å². The van der Waals surface area contributed by atoms with E-state index < -0.39 is 17.8 Å². The predicted octanol–water partition coefficient (Wildman–Crippen LogP) is 1.16. The summed E-state index contributed by atoms with van der Waals surface area (Å²) in [5.41, 5.74) is 0.799. The minimum atomic E-state index is -0.796. The number of hydrogen-bond acceptors (Lipinski definition) is 3. The molecule has 1 aromatic carbocycles. The summed E-state index contributed by atoms with van der Waals surface area (Å²) in [5, 5.41) is 0. The molecule has 0 atom stereocenters. The summed E-state index contributed by atoms with van der Waals surface area (Å²) in [5.74, 6) is -1.58. The Morgan fingerprint density at radius 2 is 1.61 bits per heavy atom. The first-order chi connectivity index (χ1) is 8.65. The molecule has 5 nitrogen and oxygen atoms in total. The number of carbonyl (C=O) groups is 3. The van der Waals surface area contributed by atoms with Gasteiger partial charge in [0.25, 0.3) is 0 Å². The van der Waals surface area contributed by atoms with Crippen molar-refractivity contribution in [2.75, 3.05) is 6.54 Å². The molecule has 2 rings (SSSR count). The van der Waals surface area contributed by atoms with Crippen molar-refractivity contribution in [3.8, 4) is 0 Å². The Bertz CT molecular complexity index is 510. The lowest BCUT2D eigenvalue weighted by Crippen LogP contribution is -2.33. The molecule has 0 aromatic heterocycles. The Labute approximate surface area is 104 Å². The first-order valence-electron chi connectivity index (χ1n) is 5.47. The fourth-order valence-electron chi connectivity index (χ4n) is 1.75. The van der Waals surface area contributed by atoms with Crippen molar-refractivity contribution in [3.05, 3.63) is 48.6 Å². The number of hydrogen-bond donors (Lipinski definition) is 0. The lowest BCUT2D eigenvalue weighted by atomic mass is 10.2. The molecule has 0 N–H and O–H groups in total. The Kier molecular flexibility index (Phi) is 3.23. The van der Waals surface area contributed by atoms with Gasteiger partial charge in [0, 0.05) is 6.54 Å². The van der Waals surface area contributed by atoms with Crippen molar-refractivity contribution in [2.24, 2.45) is 0 Å². The average molecular weight is 244 g/mol. The van der Waals surface area contributed by atoms with Gasteiger partial charge in [-0.3, -0.25) is 19.4 Å². The van der Waals surface area contributed by atoms with Gasteiger partial charge < -0.3 is 0 Å². The number of imide groups is 2. The van der Waals surface area contributed by atoms with Gasteiger partial charge in [-0.2, -0.15) is 0 Å². The highest BCUT2D eigenvalue weighted by atomic mass is 16.2. The predicted molar refractivity (Wildman–Crippen MR) is 64.3 cm³/mol. The lowest BCUT2D eigenvalue weighted by molar-refractivity contribution is -0.143. The van der Waals surface area contributed by atoms with E-state index in [4.69, 9.17) is 0 Å². The quantitative estimate of drug-likeness (QED) is 0.453. The summed E-state index contributed by atoms with van der Waals surface area (Å²) in [6.45, 7) is 3.61. The zero-order valence-electron chi connectivity index (χ0n) is 9.70. The van der Waals surface area contributed by atoms with Crippen LogP contribution in [0, 0.1) is 0 Å². The molecule has 0 radical (unpaired) electrons. The van der Waals surface area contributed by atoms with Crippen molar-refractivity contribution in [2.45, 2.75) is 6.54 Å². The van der Waals surface area contributed by atoms with Crippen LogP contribution in [0.15, 0.2) is 43.0 Å². The average Bonchev–Trinajstić information content (AvgIpc) is 2.58. The number of benzene rings is 1. The molecule has 1 aliphatic rings. The van der Waals surface area contributed by atoms with Gasteiger partial charge in [-0.25, -0.2) is 4.79 Å². The Morgan fingerprint density at radius 1 is 1.00 bits per heavy atom. The molecule has 4 amide bonds. The molecular formula is C13H12N2O3. The number of amides is 4. The fraction of sp³-hybridized carbons (Fsp3) is 0.154. The van der Waals surface area contributed by atoms with E-state index >= 15 is 0 Å². The molecule has 0 bridgehead atoms. The molecule has 0 spiro atoms. The van der Waals surface area contributed by atoms with E-state index in [1.807, 2.05) is 18.2 Å². The van der Waals surface area contributed by atoms with Gasteiger partial charge in [-0.15, -0.1) is 6.58 Å². The topological polar surface area (TPSA) is 57.7 Å². The molecule has 0 unspecified atom stereocenters. The lowest BCUT2D eigenvalue weighted by Gasteiger charge is -2.14. The van der Waals surface area contributed by atoms with Gasteiger partial charge in [0.05, 0.1) is 6.54 Å². The zero-order chi connectivity index (χ0) is 13.1. The largest absolute Gasteiger partial charge is 0.334 e. The van der Waals surface area contributed by atoms with Gasteiger partial charge in [0.15, 0.2) is 0 Å². The van der Waals surface area contributed by atoms with Crippen molar-refractivity contribution >= 4 is 17.8 Å². The van der Waals surface area contributed by atoms with Crippen LogP contribution < -0.4 is 0 Å². The first kappa shape index (κ1) is 12.0. The van der Waals surface area contributed by atoms with E-state index in [0.717, 1.165) is 15.4 Å². The maximum Gasteiger partial charge on any atom is 0.334 e. The highest BCUT2D eigenvalue weighted by Crippen LogP contribution is 2.15. The number of carbonyl (C=O) groups excluding carboxylic acids is 3. The number of urea groups is 1. The second kappa shape index (κ2) is 4.83. The SMILES string of the molecule is C=CCN1C(=O)C(=O)N(Cc2ccccc2)C1=O. The van der Waals surface area contributed by atoms with Crippen LogP contribution in [0.3, 0.4) is 0 Å². The van der Waals surface area contributed by atoms with Crippen LogP contribution in [0.4, 0.5) is 4.79 Å². The third-order valence-electron chi connectivity index (χ3n) is 2.63. The van der Waals surface area contributed by atoms with Crippen LogP contribution in [0.2, 0.25) is 0 Å². The Hall–Kier alpha value is -2.43. The summed E-state index contributed by atoms with van der Waals surface area (Å²) in [7, 11) is 0. The Balaban J connectivity index is 2.19. The van der Waals surface area contributed by atoms with Gasteiger partial charge in [-0.1, -0.05) is 36.4 Å². The molecule has 92 valence electrons. The van der Waals surface area contributed by atoms with Crippen LogP contribution in [0.5, 0.6) is 0 Å². The van der Waals surface area contributed by atoms with Crippen molar-refractivity contribution < 1.29 is 14.4 Å². The maximum absolute atomic E-state index is 11.9. The van der Waals surface area contributed by atoms with E-state index in [-0.39, 0.29) is 13.1 Å². The third kappa shape index (κ3) is 2.02. The molecule has 1 fully saturated rings. The summed E-state index contributed by atoms with van der Waals surface area (Å²) in [6, 6.07) is 8.45. The molecule has 1 saturated heterocycles. The first-order valence-corrected chi connectivity index (χ1v) is 5.47. The van der Waals surface area contributed by atoms with E-state index in [1.165, 1.54) is 6.08 Å². The summed E-state index contributed by atoms with van der Waals surface area (Å²) < 4.78 is 0. The zero-order valence-corrected chi connectivity index (χ0v) is 9.70. The molecule has 1 aromatic rings. The van der Waals surface area contributed by atoms with E-state index in [1.54, 1.807) is 12.1 Å². The van der Waals surface area contributed by atoms with E-state index in [0.29, 0.717) is 0 Å². The van der Waals surface area contributed by atoms with Crippen LogP contribution in [-0.4, -0.2) is 34.2 Å². The summed E-state index contributed by atoms with van der Waals surface area (Å²) in [6.07, 6.45) is 1.41. The minimum Gasteiger partial charge on any atom is -0.263 e. The maximum atomic E-state index is 11.9. The third-order valence-corrected chi connectivity index (χ3v) is 2.63. The van der Waals surface area contributed by atoms with Crippen LogP contribution >= 0.6 is 0 Å². The minimum absolute atomic E-state index is 0.0503. The molecule has 0 saturated carbocycles. The molecule has 0 aliphatic carbocycles. The molecule has 18 heavy (non-hydrogen) atoms. The summed E-state index contributed by atoms with van der Waals surface area (Å²) >= 11 is 0. The Morgan fingerprint density at radius 3 is 2.22 bits per heavy atom. The molecular weight excluding hydrogens is 232 g/mol. The highest BCUT2D eigenvalue weighted by molar-refractivity contribution is 6.44.